The van der Waals surface area contributed by atoms with Gasteiger partial charge in [-0.1, -0.05) is 0 Å². The number of hydrogen-bond donors (Lipinski definition) is 1. The monoisotopic (exact) mass is 304 g/mol. The lowest BCUT2D eigenvalue weighted by atomic mass is 9.98. The Labute approximate surface area is 121 Å². The largest absolute Gasteiger partial charge is 0.446 e. The van der Waals surface area contributed by atoms with Crippen molar-refractivity contribution in [2.75, 3.05) is 32.0 Å². The van der Waals surface area contributed by atoms with Crippen molar-refractivity contribution >= 4 is 17.4 Å². The van der Waals surface area contributed by atoms with Gasteiger partial charge in [-0.15, -0.1) is 0 Å². The van der Waals surface area contributed by atoms with Crippen molar-refractivity contribution in [2.45, 2.75) is 23.2 Å². The molecule has 1 aromatic carbocycles. The van der Waals surface area contributed by atoms with E-state index in [9.17, 15) is 13.2 Å². The summed E-state index contributed by atoms with van der Waals surface area (Å²) in [5, 5.41) is 3.31. The molecular weight excluding hydrogens is 285 g/mol. The van der Waals surface area contributed by atoms with Gasteiger partial charge in [0.15, 0.2) is 0 Å². The van der Waals surface area contributed by atoms with Gasteiger partial charge in [0.25, 0.3) is 0 Å². The van der Waals surface area contributed by atoms with Gasteiger partial charge in [0, 0.05) is 23.7 Å². The molecule has 0 aromatic heterocycles. The third kappa shape index (κ3) is 5.25. The van der Waals surface area contributed by atoms with E-state index < -0.39 is 5.51 Å². The molecule has 0 spiro atoms. The second-order valence-electron chi connectivity index (χ2n) is 5.22. The van der Waals surface area contributed by atoms with Gasteiger partial charge >= 0.3 is 5.51 Å². The van der Waals surface area contributed by atoms with Gasteiger partial charge < -0.3 is 10.2 Å². The third-order valence-corrected chi connectivity index (χ3v) is 4.14. The fourth-order valence-electron chi connectivity index (χ4n) is 2.48. The fraction of sp³-hybridized carbons (Fsp3) is 0.571. The van der Waals surface area contributed by atoms with Crippen LogP contribution >= 0.6 is 11.8 Å². The lowest BCUT2D eigenvalue weighted by molar-refractivity contribution is -0.0328. The van der Waals surface area contributed by atoms with Crippen LogP contribution in [-0.2, 0) is 0 Å². The second-order valence-corrected chi connectivity index (χ2v) is 6.36. The Morgan fingerprint density at radius 1 is 1.30 bits per heavy atom. The second kappa shape index (κ2) is 6.72. The minimum absolute atomic E-state index is 0.0786. The molecule has 1 fully saturated rings. The predicted molar refractivity (Wildman–Crippen MR) is 77.1 cm³/mol. The van der Waals surface area contributed by atoms with Crippen molar-refractivity contribution < 1.29 is 13.2 Å². The molecule has 2 rings (SSSR count). The lowest BCUT2D eigenvalue weighted by Crippen LogP contribution is -2.35. The number of anilines is 1. The Bertz CT molecular complexity index is 419. The number of likely N-dealkylation sites (tertiary alicyclic amines) is 1. The Morgan fingerprint density at radius 2 is 2.00 bits per heavy atom. The summed E-state index contributed by atoms with van der Waals surface area (Å²) < 4.78 is 36.6. The molecule has 1 aliphatic rings. The van der Waals surface area contributed by atoms with Crippen LogP contribution in [0.5, 0.6) is 0 Å². The number of rotatable bonds is 4. The highest BCUT2D eigenvalue weighted by molar-refractivity contribution is 8.00. The topological polar surface area (TPSA) is 15.3 Å². The van der Waals surface area contributed by atoms with E-state index in [2.05, 4.69) is 17.3 Å². The van der Waals surface area contributed by atoms with Gasteiger partial charge in [-0.05, 0) is 68.4 Å². The van der Waals surface area contributed by atoms with Crippen molar-refractivity contribution in [1.82, 2.24) is 4.90 Å². The zero-order valence-electron chi connectivity index (χ0n) is 11.4. The molecule has 1 N–H and O–H groups in total. The summed E-state index contributed by atoms with van der Waals surface area (Å²) in [6.07, 6.45) is 2.42. The first-order valence-corrected chi connectivity index (χ1v) is 7.52. The first-order chi connectivity index (χ1) is 9.42. The summed E-state index contributed by atoms with van der Waals surface area (Å²) in [5.41, 5.74) is -3.34. The number of piperidine rings is 1. The molecule has 0 saturated carbocycles. The Morgan fingerprint density at radius 3 is 2.60 bits per heavy atom. The van der Waals surface area contributed by atoms with Crippen LogP contribution in [-0.4, -0.2) is 37.1 Å². The van der Waals surface area contributed by atoms with Crippen LogP contribution in [0.1, 0.15) is 12.8 Å². The smallest absolute Gasteiger partial charge is 0.385 e. The van der Waals surface area contributed by atoms with Crippen LogP contribution in [0.3, 0.4) is 0 Å². The number of alkyl halides is 3. The minimum Gasteiger partial charge on any atom is -0.385 e. The van der Waals surface area contributed by atoms with Crippen molar-refractivity contribution in [1.29, 1.82) is 0 Å². The summed E-state index contributed by atoms with van der Waals surface area (Å²) in [6.45, 7) is 3.10. The molecule has 1 atom stereocenters. The van der Waals surface area contributed by atoms with Crippen LogP contribution in [0.15, 0.2) is 29.2 Å². The van der Waals surface area contributed by atoms with Gasteiger partial charge in [0.1, 0.15) is 0 Å². The molecule has 1 aliphatic heterocycles. The highest BCUT2D eigenvalue weighted by Gasteiger charge is 2.29. The van der Waals surface area contributed by atoms with E-state index in [1.807, 2.05) is 0 Å². The van der Waals surface area contributed by atoms with Crippen molar-refractivity contribution in [3.63, 3.8) is 0 Å². The molecule has 1 saturated heterocycles. The molecule has 20 heavy (non-hydrogen) atoms. The third-order valence-electron chi connectivity index (χ3n) is 3.40. The highest BCUT2D eigenvalue weighted by atomic mass is 32.2. The van der Waals surface area contributed by atoms with Gasteiger partial charge in [-0.2, -0.15) is 13.2 Å². The van der Waals surface area contributed by atoms with Crippen molar-refractivity contribution in [3.05, 3.63) is 24.3 Å². The van der Waals surface area contributed by atoms with Crippen molar-refractivity contribution in [3.8, 4) is 0 Å². The molecule has 0 radical (unpaired) electrons. The number of benzene rings is 1. The average molecular weight is 304 g/mol. The number of nitrogens with one attached hydrogen (secondary N) is 1. The Hall–Kier alpha value is -0.880. The van der Waals surface area contributed by atoms with E-state index in [-0.39, 0.29) is 16.7 Å². The van der Waals surface area contributed by atoms with Gasteiger partial charge in [0.2, 0.25) is 0 Å². The summed E-state index contributed by atoms with van der Waals surface area (Å²) in [7, 11) is 2.12. The Balaban J connectivity index is 1.81. The van der Waals surface area contributed by atoms with E-state index in [4.69, 9.17) is 0 Å². The van der Waals surface area contributed by atoms with Crippen LogP contribution < -0.4 is 5.32 Å². The number of thioether (sulfide) groups is 1. The van der Waals surface area contributed by atoms with Gasteiger partial charge in [-0.25, -0.2) is 0 Å². The number of halogens is 3. The number of hydrogen-bond acceptors (Lipinski definition) is 3. The maximum atomic E-state index is 12.2. The number of nitrogens with zero attached hydrogens (tertiary/aromatic N) is 1. The molecular formula is C14H19F3N2S. The quantitative estimate of drug-likeness (QED) is 0.845. The molecule has 6 heteroatoms. The molecule has 0 amide bonds. The summed E-state index contributed by atoms with van der Waals surface area (Å²) in [5.74, 6) is 0.609. The molecule has 0 bridgehead atoms. The first kappa shape index (κ1) is 15.5. The minimum atomic E-state index is -4.22. The van der Waals surface area contributed by atoms with E-state index in [0.29, 0.717) is 5.92 Å². The summed E-state index contributed by atoms with van der Waals surface area (Å²) in [6, 6.07) is 6.43. The zero-order chi connectivity index (χ0) is 14.6. The van der Waals surface area contributed by atoms with E-state index in [0.717, 1.165) is 25.3 Å². The van der Waals surface area contributed by atoms with E-state index in [1.54, 1.807) is 12.1 Å². The highest BCUT2D eigenvalue weighted by Crippen LogP contribution is 2.37. The molecule has 1 aromatic rings. The van der Waals surface area contributed by atoms with E-state index in [1.165, 1.54) is 25.0 Å². The predicted octanol–water partition coefficient (Wildman–Crippen LogP) is 4.05. The Kier molecular flexibility index (Phi) is 5.21. The van der Waals surface area contributed by atoms with Gasteiger partial charge in [0.05, 0.1) is 0 Å². The van der Waals surface area contributed by atoms with Crippen LogP contribution in [0.4, 0.5) is 18.9 Å². The van der Waals surface area contributed by atoms with E-state index >= 15 is 0 Å². The van der Waals surface area contributed by atoms with Crippen LogP contribution in [0.25, 0.3) is 0 Å². The molecule has 112 valence electrons. The van der Waals surface area contributed by atoms with Crippen molar-refractivity contribution in [2.24, 2.45) is 5.92 Å². The molecule has 1 heterocycles. The van der Waals surface area contributed by atoms with Gasteiger partial charge in [-0.3, -0.25) is 0 Å². The lowest BCUT2D eigenvalue weighted by Gasteiger charge is -2.30. The SMILES string of the molecule is CN1CCCC(CNc2ccc(SC(F)(F)F)cc2)C1. The molecule has 1 unspecified atom stereocenters. The fourth-order valence-corrected chi connectivity index (χ4v) is 3.02. The maximum Gasteiger partial charge on any atom is 0.446 e. The average Bonchev–Trinajstić information content (AvgIpc) is 2.36. The summed E-state index contributed by atoms with van der Waals surface area (Å²) in [4.78, 5) is 2.54. The molecule has 2 nitrogen and oxygen atoms in total. The zero-order valence-corrected chi connectivity index (χ0v) is 12.2. The van der Waals surface area contributed by atoms with Crippen LogP contribution in [0.2, 0.25) is 0 Å². The summed E-state index contributed by atoms with van der Waals surface area (Å²) >= 11 is -0.0786. The normalized spacial score (nSPS) is 20.9. The molecule has 0 aliphatic carbocycles. The maximum absolute atomic E-state index is 12.2. The van der Waals surface area contributed by atoms with Crippen LogP contribution in [0, 0.1) is 5.92 Å². The standard InChI is InChI=1S/C14H19F3N2S/c1-19-8-2-3-11(10-19)9-18-12-4-6-13(7-5-12)20-14(15,16)17/h4-7,11,18H,2-3,8-10H2,1H3. The first-order valence-electron chi connectivity index (χ1n) is 6.70.